The summed E-state index contributed by atoms with van der Waals surface area (Å²) in [6.45, 7) is 3.66. The van der Waals surface area contributed by atoms with Crippen molar-refractivity contribution in [2.24, 2.45) is 0 Å². The van der Waals surface area contributed by atoms with Gasteiger partial charge in [-0.15, -0.1) is 6.42 Å². The summed E-state index contributed by atoms with van der Waals surface area (Å²) < 4.78 is 2.29. The van der Waals surface area contributed by atoms with Gasteiger partial charge in [-0.25, -0.2) is 9.97 Å². The Morgan fingerprint density at radius 2 is 1.60 bits per heavy atom. The van der Waals surface area contributed by atoms with E-state index < -0.39 is 0 Å². The summed E-state index contributed by atoms with van der Waals surface area (Å²) in [6.07, 6.45) is 10.8. The van der Waals surface area contributed by atoms with Crippen LogP contribution in [-0.2, 0) is 29.1 Å². The first-order valence-electron chi connectivity index (χ1n) is 14.8. The molecular weight excluding hydrogens is 577 g/mol. The zero-order valence-corrected chi connectivity index (χ0v) is 26.4. The fourth-order valence-corrected chi connectivity index (χ4v) is 6.95. The van der Waals surface area contributed by atoms with Crippen LogP contribution in [0.2, 0.25) is 0 Å². The maximum absolute atomic E-state index is 12.4. The number of terminal acetylenes is 1. The molecule has 0 aliphatic carbocycles. The number of carbonyl (C=O) groups is 2. The van der Waals surface area contributed by atoms with Crippen molar-refractivity contribution >= 4 is 61.2 Å². The van der Waals surface area contributed by atoms with Crippen LogP contribution in [0, 0.1) is 12.3 Å². The molecule has 0 bridgehead atoms. The number of para-hydroxylation sites is 1. The van der Waals surface area contributed by atoms with Crippen molar-refractivity contribution in [2.45, 2.75) is 65.0 Å². The molecule has 0 fully saturated rings. The Morgan fingerprint density at radius 3 is 2.30 bits per heavy atom. The van der Waals surface area contributed by atoms with Gasteiger partial charge >= 0.3 is 0 Å². The van der Waals surface area contributed by atoms with Crippen LogP contribution >= 0.6 is 21.6 Å². The van der Waals surface area contributed by atoms with E-state index in [1.165, 1.54) is 0 Å². The summed E-state index contributed by atoms with van der Waals surface area (Å²) in [4.78, 5) is 33.4. The zero-order chi connectivity index (χ0) is 30.4. The fourth-order valence-electron chi connectivity index (χ4n) is 4.77. The SMILES string of the molecule is C#CCNC(=O)CCCSSCCCC(=O)NCc1ccc(Cn2c(CCCC)nc3c(N)nc4ccccc4c32)cc1. The van der Waals surface area contributed by atoms with E-state index in [1.54, 1.807) is 21.6 Å². The number of fused-ring (bicyclic) bond motifs is 3. The third kappa shape index (κ3) is 9.40. The molecule has 0 radical (unpaired) electrons. The highest BCUT2D eigenvalue weighted by atomic mass is 33.1. The molecule has 10 heteroatoms. The molecule has 226 valence electrons. The van der Waals surface area contributed by atoms with Gasteiger partial charge in [0, 0.05) is 49.2 Å². The molecule has 8 nitrogen and oxygen atoms in total. The van der Waals surface area contributed by atoms with Crippen molar-refractivity contribution in [3.8, 4) is 12.3 Å². The second kappa shape index (κ2) is 16.8. The predicted molar refractivity (Wildman–Crippen MR) is 181 cm³/mol. The van der Waals surface area contributed by atoms with Crippen molar-refractivity contribution in [2.75, 3.05) is 23.8 Å². The molecule has 0 saturated heterocycles. The largest absolute Gasteiger partial charge is 0.382 e. The number of imidazole rings is 1. The molecule has 0 atom stereocenters. The van der Waals surface area contributed by atoms with Gasteiger partial charge in [0.1, 0.15) is 11.3 Å². The maximum Gasteiger partial charge on any atom is 0.220 e. The normalized spacial score (nSPS) is 11.1. The van der Waals surface area contributed by atoms with Crippen LogP contribution < -0.4 is 16.4 Å². The Balaban J connectivity index is 1.25. The minimum Gasteiger partial charge on any atom is -0.382 e. The number of benzene rings is 2. The third-order valence-electron chi connectivity index (χ3n) is 7.03. The molecule has 4 N–H and O–H groups in total. The van der Waals surface area contributed by atoms with Gasteiger partial charge in [-0.1, -0.05) is 83.3 Å². The molecule has 43 heavy (non-hydrogen) atoms. The van der Waals surface area contributed by atoms with Gasteiger partial charge in [-0.2, -0.15) is 0 Å². The summed E-state index contributed by atoms with van der Waals surface area (Å²) >= 11 is 0. The topological polar surface area (TPSA) is 115 Å². The predicted octanol–water partition coefficient (Wildman–Crippen LogP) is 5.87. The first-order valence-corrected chi connectivity index (χ1v) is 17.3. The van der Waals surface area contributed by atoms with E-state index in [1.807, 2.05) is 18.2 Å². The van der Waals surface area contributed by atoms with Crippen molar-refractivity contribution in [1.82, 2.24) is 25.2 Å². The summed E-state index contributed by atoms with van der Waals surface area (Å²) in [6, 6.07) is 16.5. The highest BCUT2D eigenvalue weighted by Gasteiger charge is 2.17. The molecule has 0 aliphatic heterocycles. The van der Waals surface area contributed by atoms with Gasteiger partial charge in [-0.3, -0.25) is 9.59 Å². The minimum absolute atomic E-state index is 0.00432. The summed E-state index contributed by atoms with van der Waals surface area (Å²) in [5.74, 6) is 5.74. The third-order valence-corrected chi connectivity index (χ3v) is 9.61. The van der Waals surface area contributed by atoms with Gasteiger partial charge in [0.25, 0.3) is 0 Å². The Labute approximate surface area is 261 Å². The Hall–Kier alpha value is -3.68. The quantitative estimate of drug-likeness (QED) is 0.0773. The minimum atomic E-state index is -0.00432. The van der Waals surface area contributed by atoms with E-state index in [2.05, 4.69) is 63.4 Å². The van der Waals surface area contributed by atoms with Crippen LogP contribution in [0.15, 0.2) is 48.5 Å². The van der Waals surface area contributed by atoms with Gasteiger partial charge in [0.05, 0.1) is 17.6 Å². The van der Waals surface area contributed by atoms with Crippen molar-refractivity contribution in [1.29, 1.82) is 0 Å². The lowest BCUT2D eigenvalue weighted by Crippen LogP contribution is -2.23. The number of hydrogen-bond donors (Lipinski definition) is 3. The van der Waals surface area contributed by atoms with Crippen LogP contribution in [0.4, 0.5) is 5.82 Å². The molecule has 0 unspecified atom stereocenters. The number of hydrogen-bond acceptors (Lipinski definition) is 7. The van der Waals surface area contributed by atoms with Crippen molar-refractivity contribution < 1.29 is 9.59 Å². The number of aromatic nitrogens is 3. The van der Waals surface area contributed by atoms with Gasteiger partial charge < -0.3 is 20.9 Å². The van der Waals surface area contributed by atoms with Crippen LogP contribution in [0.5, 0.6) is 0 Å². The lowest BCUT2D eigenvalue weighted by Gasteiger charge is -2.12. The number of pyridine rings is 1. The molecule has 2 aromatic carbocycles. The highest BCUT2D eigenvalue weighted by molar-refractivity contribution is 8.76. The Morgan fingerprint density at radius 1 is 0.930 bits per heavy atom. The number of anilines is 1. The highest BCUT2D eigenvalue weighted by Crippen LogP contribution is 2.30. The second-order valence-corrected chi connectivity index (χ2v) is 13.1. The van der Waals surface area contributed by atoms with E-state index in [9.17, 15) is 9.59 Å². The average molecular weight is 617 g/mol. The van der Waals surface area contributed by atoms with Gasteiger partial charge in [0.2, 0.25) is 11.8 Å². The maximum atomic E-state index is 12.4. The van der Waals surface area contributed by atoms with E-state index in [4.69, 9.17) is 17.1 Å². The average Bonchev–Trinajstić information content (AvgIpc) is 3.38. The summed E-state index contributed by atoms with van der Waals surface area (Å²) in [7, 11) is 3.48. The van der Waals surface area contributed by atoms with Gasteiger partial charge in [-0.05, 0) is 36.5 Å². The molecule has 2 aromatic heterocycles. The molecule has 4 rings (SSSR count). The smallest absolute Gasteiger partial charge is 0.220 e. The Kier molecular flexibility index (Phi) is 12.6. The van der Waals surface area contributed by atoms with Crippen LogP contribution in [0.25, 0.3) is 21.9 Å². The molecule has 0 aliphatic rings. The number of amides is 2. The number of nitrogens with two attached hydrogens (primary N) is 1. The first kappa shape index (κ1) is 32.2. The zero-order valence-electron chi connectivity index (χ0n) is 24.7. The number of nitrogen functional groups attached to an aromatic ring is 1. The molecular formula is C33H40N6O2S2. The standard InChI is InChI=1S/C33H40N6O2S2/c1-3-5-12-28-38-31-32(26-10-6-7-11-27(26)37-33(31)34)39(28)23-25-17-15-24(16-18-25)22-36-30(41)14-9-21-43-42-20-8-13-29(40)35-19-4-2/h2,6-7,10-11,15-18H,3,5,8-9,12-14,19-23H2,1H3,(H2,34,37)(H,35,40)(H,36,41). The number of carbonyl (C=O) groups excluding carboxylic acids is 2. The number of nitrogens with one attached hydrogen (secondary N) is 2. The van der Waals surface area contributed by atoms with E-state index in [0.717, 1.165) is 82.5 Å². The first-order chi connectivity index (χ1) is 21.0. The Bertz CT molecular complexity index is 1560. The number of unbranched alkanes of at least 4 members (excludes halogenated alkanes) is 1. The van der Waals surface area contributed by atoms with E-state index in [-0.39, 0.29) is 18.4 Å². The van der Waals surface area contributed by atoms with E-state index in [0.29, 0.717) is 31.7 Å². The summed E-state index contributed by atoms with van der Waals surface area (Å²) in [5, 5.41) is 6.76. The van der Waals surface area contributed by atoms with Crippen LogP contribution in [0.1, 0.15) is 62.4 Å². The molecule has 0 spiro atoms. The lowest BCUT2D eigenvalue weighted by atomic mass is 10.1. The van der Waals surface area contributed by atoms with Crippen molar-refractivity contribution in [3.63, 3.8) is 0 Å². The number of rotatable bonds is 17. The number of aryl methyl sites for hydroxylation is 1. The van der Waals surface area contributed by atoms with Crippen LogP contribution in [0.3, 0.4) is 0 Å². The second-order valence-electron chi connectivity index (χ2n) is 10.4. The van der Waals surface area contributed by atoms with E-state index >= 15 is 0 Å². The molecule has 4 aromatic rings. The number of nitrogens with zero attached hydrogens (tertiary/aromatic N) is 3. The summed E-state index contributed by atoms with van der Waals surface area (Å²) in [5.41, 5.74) is 11.2. The fraction of sp³-hybridized carbons (Fsp3) is 0.394. The molecule has 2 heterocycles. The monoisotopic (exact) mass is 616 g/mol. The van der Waals surface area contributed by atoms with Crippen LogP contribution in [-0.4, -0.2) is 44.4 Å². The molecule has 2 amide bonds. The lowest BCUT2D eigenvalue weighted by molar-refractivity contribution is -0.121. The van der Waals surface area contributed by atoms with Crippen molar-refractivity contribution in [3.05, 3.63) is 65.5 Å². The van der Waals surface area contributed by atoms with Gasteiger partial charge in [0.15, 0.2) is 5.82 Å². The molecule has 0 saturated carbocycles.